The van der Waals surface area contributed by atoms with Gasteiger partial charge in [-0.1, -0.05) is 0 Å². The Labute approximate surface area is 139 Å². The zero-order valence-corrected chi connectivity index (χ0v) is 13.6. The summed E-state index contributed by atoms with van der Waals surface area (Å²) in [6.07, 6.45) is 4.45. The summed E-state index contributed by atoms with van der Waals surface area (Å²) < 4.78 is 10.9. The Kier molecular flexibility index (Phi) is 4.04. The van der Waals surface area contributed by atoms with E-state index in [9.17, 15) is 9.59 Å². The zero-order valence-electron chi connectivity index (χ0n) is 13.6. The molecule has 0 unspecified atom stereocenters. The van der Waals surface area contributed by atoms with Crippen molar-refractivity contribution in [2.24, 2.45) is 0 Å². The number of amides is 1. The molecule has 0 aliphatic carbocycles. The van der Waals surface area contributed by atoms with Gasteiger partial charge in [-0.3, -0.25) is 9.78 Å². The molecule has 0 bridgehead atoms. The molecule has 1 aliphatic rings. The molecule has 1 aromatic heterocycles. The molecule has 1 aliphatic heterocycles. The molecule has 24 heavy (non-hydrogen) atoms. The maximum absolute atomic E-state index is 12.5. The topological polar surface area (TPSA) is 68.7 Å². The average Bonchev–Trinajstić information content (AvgIpc) is 2.84. The van der Waals surface area contributed by atoms with Crippen LogP contribution in [0.1, 0.15) is 21.5 Å². The number of hydrogen-bond acceptors (Lipinski definition) is 5. The van der Waals surface area contributed by atoms with Crippen LogP contribution >= 0.6 is 0 Å². The van der Waals surface area contributed by atoms with Gasteiger partial charge in [-0.25, -0.2) is 4.79 Å². The van der Waals surface area contributed by atoms with E-state index in [2.05, 4.69) is 4.98 Å². The fraction of sp³-hybridized carbons (Fsp3) is 0.167. The van der Waals surface area contributed by atoms with Crippen molar-refractivity contribution in [3.8, 4) is 11.5 Å². The monoisotopic (exact) mass is 324 g/mol. The minimum atomic E-state index is -0.494. The number of fused-ring (bicyclic) bond motifs is 1. The lowest BCUT2D eigenvalue weighted by atomic mass is 10.0. The van der Waals surface area contributed by atoms with Gasteiger partial charge in [0.15, 0.2) is 5.76 Å². The molecule has 1 amide bonds. The van der Waals surface area contributed by atoms with E-state index in [4.69, 9.17) is 9.47 Å². The smallest absolute Gasteiger partial charge is 0.414 e. The number of ketones is 1. The van der Waals surface area contributed by atoms with Crippen LogP contribution in [0, 0.1) is 6.92 Å². The number of pyridine rings is 1. The van der Waals surface area contributed by atoms with Gasteiger partial charge in [-0.05, 0) is 42.3 Å². The average molecular weight is 324 g/mol. The van der Waals surface area contributed by atoms with Gasteiger partial charge in [0.1, 0.15) is 11.5 Å². The van der Waals surface area contributed by atoms with Crippen LogP contribution in [0.25, 0.3) is 6.08 Å². The highest BCUT2D eigenvalue weighted by molar-refractivity contribution is 6.15. The van der Waals surface area contributed by atoms with Gasteiger partial charge in [0.2, 0.25) is 5.78 Å². The lowest BCUT2D eigenvalue weighted by Crippen LogP contribution is -2.25. The summed E-state index contributed by atoms with van der Waals surface area (Å²) in [6.45, 7) is 1.78. The van der Waals surface area contributed by atoms with Gasteiger partial charge >= 0.3 is 6.09 Å². The minimum Gasteiger partial charge on any atom is -0.452 e. The van der Waals surface area contributed by atoms with Crippen molar-refractivity contribution in [1.82, 2.24) is 9.88 Å². The number of rotatable bonds is 2. The van der Waals surface area contributed by atoms with Crippen molar-refractivity contribution >= 4 is 18.0 Å². The maximum atomic E-state index is 12.5. The fourth-order valence-electron chi connectivity index (χ4n) is 2.34. The standard InChI is InChI=1S/C18H16N2O4/c1-11-8-13(23-18(22)20(2)3)10-14-16(11)17(21)15(24-14)9-12-4-6-19-7-5-12/h4-10H,1-3H3. The molecule has 0 N–H and O–H groups in total. The quantitative estimate of drug-likeness (QED) is 0.794. The number of hydrogen-bond donors (Lipinski definition) is 0. The van der Waals surface area contributed by atoms with Crippen LogP contribution in [0.5, 0.6) is 11.5 Å². The number of aryl methyl sites for hydroxylation is 1. The second kappa shape index (κ2) is 6.16. The molecule has 2 heterocycles. The van der Waals surface area contributed by atoms with Crippen molar-refractivity contribution in [2.75, 3.05) is 14.1 Å². The van der Waals surface area contributed by atoms with Gasteiger partial charge in [0.05, 0.1) is 5.56 Å². The van der Waals surface area contributed by atoms with Crippen molar-refractivity contribution < 1.29 is 19.1 Å². The molecule has 0 fully saturated rings. The maximum Gasteiger partial charge on any atom is 0.414 e. The van der Waals surface area contributed by atoms with Gasteiger partial charge in [0.25, 0.3) is 0 Å². The number of carbonyl (C=O) groups excluding carboxylic acids is 2. The number of carbonyl (C=O) groups is 2. The first-order valence-corrected chi connectivity index (χ1v) is 7.34. The van der Waals surface area contributed by atoms with Crippen LogP contribution in [-0.2, 0) is 0 Å². The Morgan fingerprint density at radius 1 is 1.25 bits per heavy atom. The summed E-state index contributed by atoms with van der Waals surface area (Å²) >= 11 is 0. The molecule has 122 valence electrons. The first-order chi connectivity index (χ1) is 11.5. The van der Waals surface area contributed by atoms with E-state index in [1.807, 2.05) is 0 Å². The Hall–Kier alpha value is -3.15. The van der Waals surface area contributed by atoms with Crippen LogP contribution in [0.4, 0.5) is 4.79 Å². The second-order valence-corrected chi connectivity index (χ2v) is 5.60. The van der Waals surface area contributed by atoms with Crippen LogP contribution in [0.15, 0.2) is 42.4 Å². The van der Waals surface area contributed by atoms with E-state index >= 15 is 0 Å². The van der Waals surface area contributed by atoms with E-state index in [-0.39, 0.29) is 11.5 Å². The summed E-state index contributed by atoms with van der Waals surface area (Å²) in [5, 5.41) is 0. The number of nitrogens with zero attached hydrogens (tertiary/aromatic N) is 2. The van der Waals surface area contributed by atoms with Crippen LogP contribution in [0.3, 0.4) is 0 Å². The highest BCUT2D eigenvalue weighted by Gasteiger charge is 2.30. The number of benzene rings is 1. The lowest BCUT2D eigenvalue weighted by Gasteiger charge is -2.12. The predicted octanol–water partition coefficient (Wildman–Crippen LogP) is 3.07. The summed E-state index contributed by atoms with van der Waals surface area (Å²) in [4.78, 5) is 29.5. The van der Waals surface area contributed by atoms with Crippen molar-refractivity contribution in [3.63, 3.8) is 0 Å². The fourth-order valence-corrected chi connectivity index (χ4v) is 2.34. The molecule has 0 radical (unpaired) electrons. The third kappa shape index (κ3) is 2.99. The van der Waals surface area contributed by atoms with Gasteiger partial charge in [0, 0.05) is 32.6 Å². The number of Topliss-reactive ketones (excluding diaryl/α,β-unsaturated/α-hetero) is 1. The first-order valence-electron chi connectivity index (χ1n) is 7.34. The van der Waals surface area contributed by atoms with Gasteiger partial charge in [-0.15, -0.1) is 0 Å². The predicted molar refractivity (Wildman–Crippen MR) is 88.1 cm³/mol. The highest BCUT2D eigenvalue weighted by Crippen LogP contribution is 2.37. The van der Waals surface area contributed by atoms with E-state index in [1.54, 1.807) is 63.8 Å². The van der Waals surface area contributed by atoms with E-state index in [1.165, 1.54) is 4.90 Å². The van der Waals surface area contributed by atoms with E-state index in [0.29, 0.717) is 22.6 Å². The Bertz CT molecular complexity index is 842. The summed E-state index contributed by atoms with van der Waals surface area (Å²) in [6, 6.07) is 6.76. The molecule has 0 atom stereocenters. The summed E-state index contributed by atoms with van der Waals surface area (Å²) in [5.74, 6) is 0.768. The highest BCUT2D eigenvalue weighted by atomic mass is 16.6. The molecule has 6 heteroatoms. The van der Waals surface area contributed by atoms with E-state index in [0.717, 1.165) is 5.56 Å². The molecular weight excluding hydrogens is 308 g/mol. The minimum absolute atomic E-state index is 0.190. The van der Waals surface area contributed by atoms with Crippen LogP contribution in [-0.4, -0.2) is 35.9 Å². The van der Waals surface area contributed by atoms with Crippen LogP contribution < -0.4 is 9.47 Å². The first kappa shape index (κ1) is 15.7. The number of allylic oxidation sites excluding steroid dienone is 1. The Morgan fingerprint density at radius 2 is 1.96 bits per heavy atom. The summed E-state index contributed by atoms with van der Waals surface area (Å²) in [5.41, 5.74) is 2.00. The zero-order chi connectivity index (χ0) is 17.3. The molecule has 6 nitrogen and oxygen atoms in total. The van der Waals surface area contributed by atoms with E-state index < -0.39 is 6.09 Å². The van der Waals surface area contributed by atoms with Crippen molar-refractivity contribution in [2.45, 2.75) is 6.92 Å². The Morgan fingerprint density at radius 3 is 2.62 bits per heavy atom. The third-order valence-electron chi connectivity index (χ3n) is 3.52. The number of aromatic nitrogens is 1. The molecule has 0 saturated carbocycles. The lowest BCUT2D eigenvalue weighted by molar-refractivity contribution is 0.101. The summed E-state index contributed by atoms with van der Waals surface area (Å²) in [7, 11) is 3.19. The van der Waals surface area contributed by atoms with Crippen molar-refractivity contribution in [1.29, 1.82) is 0 Å². The third-order valence-corrected chi connectivity index (χ3v) is 3.52. The molecule has 0 saturated heterocycles. The SMILES string of the molecule is Cc1cc(OC(=O)N(C)C)cc2c1C(=O)C(=Cc1ccncc1)O2. The normalized spacial score (nSPS) is 14.3. The number of ether oxygens (including phenoxy) is 2. The molecule has 1 aromatic carbocycles. The van der Waals surface area contributed by atoms with Crippen molar-refractivity contribution in [3.05, 3.63) is 59.1 Å². The second-order valence-electron chi connectivity index (χ2n) is 5.60. The molecule has 2 aromatic rings. The Balaban J connectivity index is 1.92. The largest absolute Gasteiger partial charge is 0.452 e. The van der Waals surface area contributed by atoms with Gasteiger partial charge in [-0.2, -0.15) is 0 Å². The molecule has 0 spiro atoms. The van der Waals surface area contributed by atoms with Crippen LogP contribution in [0.2, 0.25) is 0 Å². The molecule has 3 rings (SSSR count). The molecular formula is C18H16N2O4. The van der Waals surface area contributed by atoms with Gasteiger partial charge < -0.3 is 14.4 Å².